The van der Waals surface area contributed by atoms with Crippen LogP contribution in [0.3, 0.4) is 0 Å². The summed E-state index contributed by atoms with van der Waals surface area (Å²) in [6, 6.07) is 9.57. The molecule has 1 unspecified atom stereocenters. The molecule has 0 aliphatic carbocycles. The zero-order chi connectivity index (χ0) is 20.4. The number of benzene rings is 1. The Morgan fingerprint density at radius 1 is 1.24 bits per heavy atom. The maximum Gasteiger partial charge on any atom is 0.239 e. The van der Waals surface area contributed by atoms with E-state index in [0.29, 0.717) is 37.7 Å². The van der Waals surface area contributed by atoms with Crippen molar-refractivity contribution in [3.8, 4) is 0 Å². The van der Waals surface area contributed by atoms with Gasteiger partial charge in [-0.05, 0) is 12.0 Å². The lowest BCUT2D eigenvalue weighted by molar-refractivity contribution is -0.137. The van der Waals surface area contributed by atoms with Crippen molar-refractivity contribution in [2.75, 3.05) is 19.6 Å². The summed E-state index contributed by atoms with van der Waals surface area (Å²) in [5.41, 5.74) is 1.17. The van der Waals surface area contributed by atoms with Crippen molar-refractivity contribution in [3.63, 3.8) is 0 Å². The highest BCUT2D eigenvalue weighted by molar-refractivity contribution is 5.89. The number of aliphatic hydroxyl groups excluding tert-OH is 1. The third kappa shape index (κ3) is 4.17. The second-order valence-corrected chi connectivity index (χ2v) is 7.76. The summed E-state index contributed by atoms with van der Waals surface area (Å²) in [6.07, 6.45) is 1.32. The molecule has 8 nitrogen and oxygen atoms in total. The molecule has 3 heterocycles. The molecule has 1 N–H and O–H groups in total. The summed E-state index contributed by atoms with van der Waals surface area (Å²) < 4.78 is 5.63. The number of carbonyl (C=O) groups is 2. The molecule has 8 heteroatoms. The smallest absolute Gasteiger partial charge is 0.239 e. The van der Waals surface area contributed by atoms with Gasteiger partial charge in [0.25, 0.3) is 0 Å². The van der Waals surface area contributed by atoms with Crippen molar-refractivity contribution in [3.05, 3.63) is 47.7 Å². The first kappa shape index (κ1) is 19.6. The minimum absolute atomic E-state index is 0.00151. The number of hydrogen-bond acceptors (Lipinski definition) is 6. The number of aryl methyl sites for hydroxylation is 1. The largest absolute Gasteiger partial charge is 0.423 e. The molecule has 0 spiro atoms. The molecule has 4 rings (SSSR count). The molecular weight excluding hydrogens is 372 g/mol. The van der Waals surface area contributed by atoms with Crippen LogP contribution in [0, 0.1) is 5.92 Å². The van der Waals surface area contributed by atoms with E-state index in [-0.39, 0.29) is 24.8 Å². The van der Waals surface area contributed by atoms with Gasteiger partial charge in [-0.3, -0.25) is 9.59 Å². The van der Waals surface area contributed by atoms with Crippen molar-refractivity contribution in [1.82, 2.24) is 20.0 Å². The van der Waals surface area contributed by atoms with Crippen molar-refractivity contribution < 1.29 is 19.1 Å². The SMILES string of the molecule is CCc1nnc([C@H]2C[C@@H](O)CN2C(=O)C2CC(=O)N(CCc3ccccc3)C2)o1. The van der Waals surface area contributed by atoms with Crippen LogP contribution in [0.2, 0.25) is 0 Å². The number of amides is 2. The second kappa shape index (κ2) is 8.32. The summed E-state index contributed by atoms with van der Waals surface area (Å²) in [7, 11) is 0. The highest BCUT2D eigenvalue weighted by Crippen LogP contribution is 2.34. The van der Waals surface area contributed by atoms with Crippen molar-refractivity contribution in [1.29, 1.82) is 0 Å². The first-order valence-corrected chi connectivity index (χ1v) is 10.2. The lowest BCUT2D eigenvalue weighted by atomic mass is 10.1. The van der Waals surface area contributed by atoms with Crippen LogP contribution in [-0.4, -0.2) is 62.7 Å². The first-order valence-electron chi connectivity index (χ1n) is 10.2. The number of nitrogens with zero attached hydrogens (tertiary/aromatic N) is 4. The fourth-order valence-electron chi connectivity index (χ4n) is 4.13. The van der Waals surface area contributed by atoms with E-state index in [0.717, 1.165) is 6.42 Å². The van der Waals surface area contributed by atoms with Crippen LogP contribution in [0.1, 0.15) is 43.2 Å². The lowest BCUT2D eigenvalue weighted by Gasteiger charge is -2.25. The molecule has 29 heavy (non-hydrogen) atoms. The molecule has 2 amide bonds. The van der Waals surface area contributed by atoms with E-state index in [1.807, 2.05) is 37.3 Å². The van der Waals surface area contributed by atoms with E-state index in [9.17, 15) is 14.7 Å². The molecule has 1 aromatic carbocycles. The molecule has 0 bridgehead atoms. The Hall–Kier alpha value is -2.74. The van der Waals surface area contributed by atoms with Crippen molar-refractivity contribution >= 4 is 11.8 Å². The molecule has 3 atom stereocenters. The first-order chi connectivity index (χ1) is 14.0. The van der Waals surface area contributed by atoms with Gasteiger partial charge in [-0.15, -0.1) is 10.2 Å². The Balaban J connectivity index is 1.41. The van der Waals surface area contributed by atoms with E-state index in [2.05, 4.69) is 10.2 Å². The van der Waals surface area contributed by atoms with Crippen LogP contribution in [-0.2, 0) is 22.4 Å². The fourth-order valence-corrected chi connectivity index (χ4v) is 4.13. The molecule has 0 radical (unpaired) electrons. The van der Waals surface area contributed by atoms with Gasteiger partial charge in [-0.25, -0.2) is 0 Å². The van der Waals surface area contributed by atoms with Gasteiger partial charge < -0.3 is 19.3 Å². The monoisotopic (exact) mass is 398 g/mol. The second-order valence-electron chi connectivity index (χ2n) is 7.76. The number of carbonyl (C=O) groups excluding carboxylic acids is 2. The Morgan fingerprint density at radius 3 is 2.76 bits per heavy atom. The normalized spacial score (nSPS) is 24.5. The number of aromatic nitrogens is 2. The third-order valence-electron chi connectivity index (χ3n) is 5.71. The molecule has 2 aliphatic heterocycles. The molecule has 2 fully saturated rings. The van der Waals surface area contributed by atoms with Crippen LogP contribution in [0.5, 0.6) is 0 Å². The van der Waals surface area contributed by atoms with Crippen LogP contribution in [0.15, 0.2) is 34.7 Å². The van der Waals surface area contributed by atoms with Gasteiger partial charge in [-0.2, -0.15) is 0 Å². The Kier molecular flexibility index (Phi) is 5.62. The molecule has 2 aromatic rings. The minimum atomic E-state index is -0.632. The van der Waals surface area contributed by atoms with Crippen molar-refractivity contribution in [2.24, 2.45) is 5.92 Å². The molecule has 2 aliphatic rings. The Labute approximate surface area is 169 Å². The highest BCUT2D eigenvalue weighted by atomic mass is 16.4. The van der Waals surface area contributed by atoms with Crippen LogP contribution < -0.4 is 0 Å². The van der Waals surface area contributed by atoms with Crippen molar-refractivity contribution in [2.45, 2.75) is 44.8 Å². The maximum atomic E-state index is 13.2. The number of rotatable bonds is 6. The van der Waals surface area contributed by atoms with Crippen LogP contribution >= 0.6 is 0 Å². The Morgan fingerprint density at radius 2 is 2.03 bits per heavy atom. The summed E-state index contributed by atoms with van der Waals surface area (Å²) in [5.74, 6) is 0.341. The number of β-amino-alcohol motifs (C(OH)–C–C–N with tert-alkyl or cyclic N) is 1. The fraction of sp³-hybridized carbons (Fsp3) is 0.524. The van der Waals surface area contributed by atoms with Gasteiger partial charge in [0.1, 0.15) is 6.04 Å². The predicted octanol–water partition coefficient (Wildman–Crippen LogP) is 1.36. The van der Waals surface area contributed by atoms with Gasteiger partial charge in [0, 0.05) is 38.9 Å². The van der Waals surface area contributed by atoms with E-state index in [4.69, 9.17) is 4.42 Å². The summed E-state index contributed by atoms with van der Waals surface area (Å²) in [4.78, 5) is 29.0. The quantitative estimate of drug-likeness (QED) is 0.789. The third-order valence-corrected chi connectivity index (χ3v) is 5.71. The number of aliphatic hydroxyl groups is 1. The van der Waals surface area contributed by atoms with Gasteiger partial charge in [0.05, 0.1) is 12.0 Å². The lowest BCUT2D eigenvalue weighted by Crippen LogP contribution is -2.38. The predicted molar refractivity (Wildman–Crippen MR) is 104 cm³/mol. The number of hydrogen-bond donors (Lipinski definition) is 1. The van der Waals surface area contributed by atoms with Gasteiger partial charge in [0.2, 0.25) is 23.6 Å². The van der Waals surface area contributed by atoms with E-state index < -0.39 is 18.1 Å². The summed E-state index contributed by atoms with van der Waals surface area (Å²) in [6.45, 7) is 3.15. The molecular formula is C21H26N4O4. The summed E-state index contributed by atoms with van der Waals surface area (Å²) in [5, 5.41) is 18.2. The van der Waals surface area contributed by atoms with Gasteiger partial charge in [-0.1, -0.05) is 37.3 Å². The van der Waals surface area contributed by atoms with E-state index in [1.54, 1.807) is 9.80 Å². The summed E-state index contributed by atoms with van der Waals surface area (Å²) >= 11 is 0. The highest BCUT2D eigenvalue weighted by Gasteiger charge is 2.44. The number of likely N-dealkylation sites (tertiary alicyclic amines) is 2. The average molecular weight is 398 g/mol. The standard InChI is InChI=1S/C21H26N4O4/c1-2-18-22-23-20(29-18)17-11-16(26)13-25(17)21(28)15-10-19(27)24(12-15)9-8-14-6-4-3-5-7-14/h3-7,15-17,26H,2,8-13H2,1H3/t15?,16-,17-/m1/s1. The molecule has 0 saturated carbocycles. The van der Waals surface area contributed by atoms with Crippen LogP contribution in [0.25, 0.3) is 0 Å². The molecule has 1 aromatic heterocycles. The molecule has 2 saturated heterocycles. The van der Waals surface area contributed by atoms with E-state index >= 15 is 0 Å². The van der Waals surface area contributed by atoms with Gasteiger partial charge in [0.15, 0.2) is 0 Å². The Bertz CT molecular complexity index is 869. The zero-order valence-electron chi connectivity index (χ0n) is 16.5. The van der Waals surface area contributed by atoms with Crippen LogP contribution in [0.4, 0.5) is 0 Å². The zero-order valence-corrected chi connectivity index (χ0v) is 16.5. The molecule has 154 valence electrons. The minimum Gasteiger partial charge on any atom is -0.423 e. The maximum absolute atomic E-state index is 13.2. The topological polar surface area (TPSA) is 99.8 Å². The van der Waals surface area contributed by atoms with E-state index in [1.165, 1.54) is 5.56 Å². The average Bonchev–Trinajstić information content (AvgIpc) is 3.44. The van der Waals surface area contributed by atoms with Gasteiger partial charge >= 0.3 is 0 Å².